The Hall–Kier alpha value is -3.42. The molecule has 3 aromatic carbocycles. The van der Waals surface area contributed by atoms with Crippen molar-refractivity contribution in [3.8, 4) is 0 Å². The molecule has 0 radical (unpaired) electrons. The van der Waals surface area contributed by atoms with Crippen molar-refractivity contribution in [3.63, 3.8) is 0 Å². The van der Waals surface area contributed by atoms with Gasteiger partial charge in [0.15, 0.2) is 0 Å². The largest absolute Gasteiger partial charge is 0.268 e. The summed E-state index contributed by atoms with van der Waals surface area (Å²) in [6.07, 6.45) is 5.13. The van der Waals surface area contributed by atoms with Crippen LogP contribution in [0.1, 0.15) is 38.8 Å². The van der Waals surface area contributed by atoms with Crippen LogP contribution in [0, 0.1) is 0 Å². The number of allylic oxidation sites excluding steroid dienone is 2. The molecule has 2 amide bonds. The van der Waals surface area contributed by atoms with Crippen molar-refractivity contribution in [1.82, 2.24) is 4.90 Å². The van der Waals surface area contributed by atoms with Gasteiger partial charge in [-0.1, -0.05) is 86.6 Å². The van der Waals surface area contributed by atoms with E-state index in [0.29, 0.717) is 16.8 Å². The third kappa shape index (κ3) is 3.13. The molecule has 2 aliphatic heterocycles. The van der Waals surface area contributed by atoms with Gasteiger partial charge < -0.3 is 0 Å². The molecule has 0 aromatic heterocycles. The fourth-order valence-electron chi connectivity index (χ4n) is 4.58. The van der Waals surface area contributed by atoms with Gasteiger partial charge in [0.1, 0.15) is 0 Å². The first-order valence-electron chi connectivity index (χ1n) is 10.8. The van der Waals surface area contributed by atoms with Gasteiger partial charge in [0.25, 0.3) is 11.8 Å². The highest BCUT2D eigenvalue weighted by atomic mass is 31.2. The number of nitrogens with zero attached hydrogens (tertiary/aromatic N) is 1. The first kappa shape index (κ1) is 20.5. The van der Waals surface area contributed by atoms with Crippen molar-refractivity contribution >= 4 is 29.3 Å². The molecule has 0 aliphatic carbocycles. The normalized spacial score (nSPS) is 20.2. The van der Waals surface area contributed by atoms with Gasteiger partial charge in [0.2, 0.25) is 0 Å². The van der Waals surface area contributed by atoms with E-state index in [-0.39, 0.29) is 11.8 Å². The van der Waals surface area contributed by atoms with E-state index in [4.69, 9.17) is 0 Å². The molecule has 3 nitrogen and oxygen atoms in total. The molecule has 5 rings (SSSR count). The van der Waals surface area contributed by atoms with E-state index in [2.05, 4.69) is 50.0 Å². The van der Waals surface area contributed by atoms with E-state index in [0.717, 1.165) is 17.3 Å². The molecule has 2 heterocycles. The second kappa shape index (κ2) is 7.93. The fourth-order valence-corrected chi connectivity index (χ4v) is 7.80. The summed E-state index contributed by atoms with van der Waals surface area (Å²) in [5, 5.41) is 2.43. The highest BCUT2D eigenvalue weighted by molar-refractivity contribution is 7.85. The van der Waals surface area contributed by atoms with E-state index in [1.54, 1.807) is 24.3 Å². The maximum atomic E-state index is 13.3. The molecule has 1 atom stereocenters. The third-order valence-electron chi connectivity index (χ3n) is 6.46. The number of carbonyl (C=O) groups excluding carboxylic acids is 2. The van der Waals surface area contributed by atoms with Crippen LogP contribution in [-0.2, 0) is 0 Å². The lowest BCUT2D eigenvalue weighted by Crippen LogP contribution is -2.30. The maximum absolute atomic E-state index is 13.3. The lowest BCUT2D eigenvalue weighted by atomic mass is 10.1. The topological polar surface area (TPSA) is 37.4 Å². The van der Waals surface area contributed by atoms with Crippen LogP contribution in [-0.4, -0.2) is 34.8 Å². The predicted molar refractivity (Wildman–Crippen MR) is 133 cm³/mol. The molecular formula is C28H24NO2P. The van der Waals surface area contributed by atoms with E-state index >= 15 is 0 Å². The number of hydrogen-bond acceptors (Lipinski definition) is 2. The number of benzene rings is 3. The van der Waals surface area contributed by atoms with Crippen molar-refractivity contribution in [2.45, 2.75) is 6.92 Å². The van der Waals surface area contributed by atoms with Crippen LogP contribution < -0.4 is 0 Å². The lowest BCUT2D eigenvalue weighted by Gasteiger charge is -2.33. The molecule has 1 unspecified atom stereocenters. The molecule has 0 bridgehead atoms. The molecule has 0 N–H and O–H groups in total. The second-order valence-electron chi connectivity index (χ2n) is 8.22. The Morgan fingerprint density at radius 3 is 1.72 bits per heavy atom. The summed E-state index contributed by atoms with van der Waals surface area (Å²) in [5.74, 6) is -0.516. The van der Waals surface area contributed by atoms with Crippen molar-refractivity contribution in [1.29, 1.82) is 0 Å². The van der Waals surface area contributed by atoms with Crippen LogP contribution in [0.5, 0.6) is 0 Å². The minimum Gasteiger partial charge on any atom is -0.268 e. The van der Waals surface area contributed by atoms with Crippen LogP contribution in [0.15, 0.2) is 103 Å². The van der Waals surface area contributed by atoms with E-state index < -0.39 is 6.89 Å². The van der Waals surface area contributed by atoms with Gasteiger partial charge in [-0.3, -0.25) is 9.59 Å². The van der Waals surface area contributed by atoms with E-state index in [1.165, 1.54) is 15.5 Å². The Kier molecular flexibility index (Phi) is 5.07. The van der Waals surface area contributed by atoms with Crippen LogP contribution >= 0.6 is 6.89 Å². The van der Waals surface area contributed by atoms with Crippen molar-refractivity contribution in [2.75, 3.05) is 12.8 Å². The summed E-state index contributed by atoms with van der Waals surface area (Å²) in [6.45, 7) is 2.83. The van der Waals surface area contributed by atoms with Gasteiger partial charge in [0, 0.05) is 0 Å². The Balaban J connectivity index is 1.77. The highest BCUT2D eigenvalue weighted by Crippen LogP contribution is 2.61. The minimum atomic E-state index is -1.75. The van der Waals surface area contributed by atoms with Crippen LogP contribution in [0.25, 0.3) is 5.31 Å². The zero-order valence-corrected chi connectivity index (χ0v) is 19.1. The average Bonchev–Trinajstić information content (AvgIpc) is 3.10. The number of amides is 2. The summed E-state index contributed by atoms with van der Waals surface area (Å²) in [7, 11) is 0. The van der Waals surface area contributed by atoms with Gasteiger partial charge in [-0.2, -0.15) is 0 Å². The van der Waals surface area contributed by atoms with Crippen LogP contribution in [0.4, 0.5) is 0 Å². The summed E-state index contributed by atoms with van der Waals surface area (Å²) >= 11 is 0. The lowest BCUT2D eigenvalue weighted by molar-refractivity contribution is 0.0710. The zero-order valence-electron chi connectivity index (χ0n) is 18.2. The Bertz CT molecular complexity index is 1320. The Labute approximate surface area is 188 Å². The summed E-state index contributed by atoms with van der Waals surface area (Å²) in [4.78, 5) is 27.9. The fraction of sp³-hybridized carbons (Fsp3) is 0.107. The second-order valence-corrected chi connectivity index (χ2v) is 12.2. The monoisotopic (exact) mass is 437 g/mol. The van der Waals surface area contributed by atoms with E-state index in [9.17, 15) is 9.59 Å². The standard InChI is InChI=1S/C28H24NO2P/c1-3-32(2)25(20-12-6-4-7-13-20)18-22(19-26(32)21-14-8-5-9-15-21)29-27(30)23-16-10-11-17-24(23)28(29)31/h4-19H,3H2,1-2H3. The Morgan fingerprint density at radius 2 is 1.19 bits per heavy atom. The van der Waals surface area contributed by atoms with Gasteiger partial charge in [-0.15, -0.1) is 0 Å². The van der Waals surface area contributed by atoms with Gasteiger partial charge in [0.05, 0.1) is 16.8 Å². The van der Waals surface area contributed by atoms with Crippen molar-refractivity contribution < 1.29 is 9.59 Å². The smallest absolute Gasteiger partial charge is 0.266 e. The molecule has 0 saturated heterocycles. The van der Waals surface area contributed by atoms with Gasteiger partial charge >= 0.3 is 0 Å². The maximum Gasteiger partial charge on any atom is 0.266 e. The average molecular weight is 437 g/mol. The number of imide groups is 1. The number of fused-ring (bicyclic) bond motifs is 1. The Morgan fingerprint density at radius 1 is 0.688 bits per heavy atom. The molecule has 158 valence electrons. The molecule has 0 saturated carbocycles. The van der Waals surface area contributed by atoms with Crippen LogP contribution in [0.3, 0.4) is 0 Å². The number of rotatable bonds is 4. The van der Waals surface area contributed by atoms with Crippen LogP contribution in [0.2, 0.25) is 0 Å². The van der Waals surface area contributed by atoms with Crippen molar-refractivity contribution in [2.24, 2.45) is 0 Å². The molecule has 0 spiro atoms. The predicted octanol–water partition coefficient (Wildman–Crippen LogP) is 6.11. The molecule has 2 aliphatic rings. The molecule has 4 heteroatoms. The first-order chi connectivity index (χ1) is 15.5. The number of carbonyl (C=O) groups is 2. The van der Waals surface area contributed by atoms with E-state index in [1.807, 2.05) is 36.4 Å². The quantitative estimate of drug-likeness (QED) is 0.365. The highest BCUT2D eigenvalue weighted by Gasteiger charge is 2.39. The van der Waals surface area contributed by atoms with Crippen molar-refractivity contribution in [3.05, 3.63) is 125 Å². The molecule has 32 heavy (non-hydrogen) atoms. The summed E-state index contributed by atoms with van der Waals surface area (Å²) in [5.41, 5.74) is 3.85. The SMILES string of the molecule is CCP1(C)=C(c2ccccc2)C=C(N2C(=O)c3ccccc3C2=O)C=C1c1ccccc1. The third-order valence-corrected chi connectivity index (χ3v) is 10.6. The van der Waals surface area contributed by atoms with Gasteiger partial charge in [-0.25, -0.2) is 4.90 Å². The molecule has 3 aromatic rings. The summed E-state index contributed by atoms with van der Waals surface area (Å²) < 4.78 is 0. The molecule has 0 fully saturated rings. The minimum absolute atomic E-state index is 0.258. The number of hydrogen-bond donors (Lipinski definition) is 0. The molecular weight excluding hydrogens is 413 g/mol. The zero-order chi connectivity index (χ0) is 22.3. The van der Waals surface area contributed by atoms with Gasteiger partial charge in [-0.05, 0) is 58.8 Å². The first-order valence-corrected chi connectivity index (χ1v) is 13.2. The summed E-state index contributed by atoms with van der Waals surface area (Å²) in [6, 6.07) is 27.7.